The maximum absolute atomic E-state index is 12.7. The van der Waals surface area contributed by atoms with E-state index in [2.05, 4.69) is 13.8 Å². The van der Waals surface area contributed by atoms with Crippen molar-refractivity contribution in [3.63, 3.8) is 0 Å². The molecule has 2 aliphatic rings. The van der Waals surface area contributed by atoms with Crippen molar-refractivity contribution in [1.29, 1.82) is 0 Å². The molecule has 2 rings (SSSR count). The second-order valence-electron chi connectivity index (χ2n) is 5.88. The molecule has 2 heterocycles. The Morgan fingerprint density at radius 2 is 1.94 bits per heavy atom. The maximum Gasteiger partial charge on any atom is 0.232 e. The number of carbonyl (C=O) groups excluding carboxylic acids is 1. The molecule has 0 bridgehead atoms. The molecule has 1 amide bonds. The van der Waals surface area contributed by atoms with Crippen LogP contribution < -0.4 is 5.73 Å². The van der Waals surface area contributed by atoms with Crippen LogP contribution in [0.1, 0.15) is 40.0 Å². The van der Waals surface area contributed by atoms with Gasteiger partial charge in [-0.3, -0.25) is 4.79 Å². The smallest absolute Gasteiger partial charge is 0.232 e. The number of nitrogens with zero attached hydrogens (tertiary/aromatic N) is 1. The van der Waals surface area contributed by atoms with E-state index < -0.39 is 5.41 Å². The van der Waals surface area contributed by atoms with E-state index in [1.807, 2.05) is 11.8 Å². The number of likely N-dealkylation sites (tertiary alicyclic amines) is 1. The normalized spacial score (nSPS) is 42.8. The van der Waals surface area contributed by atoms with Crippen LogP contribution in [0.4, 0.5) is 0 Å². The Balaban J connectivity index is 2.18. The molecule has 2 aliphatic heterocycles. The molecule has 2 N–H and O–H groups in total. The summed E-state index contributed by atoms with van der Waals surface area (Å²) in [6.45, 7) is 7.18. The molecule has 2 saturated heterocycles. The van der Waals surface area contributed by atoms with Crippen LogP contribution >= 0.6 is 0 Å². The lowest BCUT2D eigenvalue weighted by Gasteiger charge is -2.43. The van der Waals surface area contributed by atoms with Crippen molar-refractivity contribution in [1.82, 2.24) is 4.90 Å². The summed E-state index contributed by atoms with van der Waals surface area (Å²) in [4.78, 5) is 14.8. The second kappa shape index (κ2) is 4.58. The van der Waals surface area contributed by atoms with Gasteiger partial charge >= 0.3 is 0 Å². The van der Waals surface area contributed by atoms with E-state index >= 15 is 0 Å². The highest BCUT2D eigenvalue weighted by molar-refractivity contribution is 5.84. The van der Waals surface area contributed by atoms with E-state index in [1.54, 1.807) is 0 Å². The van der Waals surface area contributed by atoms with Gasteiger partial charge in [-0.25, -0.2) is 0 Å². The third-order valence-electron chi connectivity index (χ3n) is 4.43. The van der Waals surface area contributed by atoms with Gasteiger partial charge in [0.1, 0.15) is 0 Å². The van der Waals surface area contributed by atoms with Crippen LogP contribution in [0, 0.1) is 5.41 Å². The Labute approximate surface area is 103 Å². The second-order valence-corrected chi connectivity index (χ2v) is 5.88. The van der Waals surface area contributed by atoms with Crippen LogP contribution in [-0.4, -0.2) is 42.1 Å². The van der Waals surface area contributed by atoms with Crippen molar-refractivity contribution in [2.24, 2.45) is 11.1 Å². The van der Waals surface area contributed by atoms with E-state index in [4.69, 9.17) is 10.5 Å². The number of ether oxygens (including phenoxy) is 1. The SMILES string of the molecule is C[C@@H]1CCC[C@H](C)N1C(=O)C1(C)COCC1N. The van der Waals surface area contributed by atoms with E-state index in [-0.39, 0.29) is 11.9 Å². The highest BCUT2D eigenvalue weighted by atomic mass is 16.5. The van der Waals surface area contributed by atoms with Crippen LogP contribution in [0.25, 0.3) is 0 Å². The molecule has 0 aromatic rings. The van der Waals surface area contributed by atoms with Crippen molar-refractivity contribution in [3.05, 3.63) is 0 Å². The minimum Gasteiger partial charge on any atom is -0.379 e. The first-order chi connectivity index (χ1) is 7.97. The number of amides is 1. The van der Waals surface area contributed by atoms with Gasteiger partial charge in [-0.2, -0.15) is 0 Å². The molecular formula is C13H24N2O2. The summed E-state index contributed by atoms with van der Waals surface area (Å²) in [5, 5.41) is 0. The Kier molecular flexibility index (Phi) is 3.46. The summed E-state index contributed by atoms with van der Waals surface area (Å²) in [7, 11) is 0. The van der Waals surface area contributed by atoms with Gasteiger partial charge in [0.2, 0.25) is 5.91 Å². The summed E-state index contributed by atoms with van der Waals surface area (Å²) >= 11 is 0. The summed E-state index contributed by atoms with van der Waals surface area (Å²) < 4.78 is 5.38. The van der Waals surface area contributed by atoms with Crippen molar-refractivity contribution in [3.8, 4) is 0 Å². The molecule has 98 valence electrons. The maximum atomic E-state index is 12.7. The van der Waals surface area contributed by atoms with Gasteiger partial charge in [-0.1, -0.05) is 0 Å². The van der Waals surface area contributed by atoms with E-state index in [0.717, 1.165) is 12.8 Å². The molecule has 4 heteroatoms. The summed E-state index contributed by atoms with van der Waals surface area (Å²) in [6.07, 6.45) is 3.41. The number of hydrogen-bond donors (Lipinski definition) is 1. The predicted molar refractivity (Wildman–Crippen MR) is 66.5 cm³/mol. The zero-order valence-corrected chi connectivity index (χ0v) is 11.1. The fourth-order valence-electron chi connectivity index (χ4n) is 3.03. The standard InChI is InChI=1S/C13H24N2O2/c1-9-5-4-6-10(2)15(9)12(16)13(3)8-17-7-11(13)14/h9-11H,4-8,14H2,1-3H3/t9-,10+,11?,13?. The predicted octanol–water partition coefficient (Wildman–Crippen LogP) is 1.14. The highest BCUT2D eigenvalue weighted by Crippen LogP contribution is 2.34. The molecule has 4 atom stereocenters. The number of nitrogens with two attached hydrogens (primary N) is 1. The number of rotatable bonds is 1. The third kappa shape index (κ3) is 2.08. The van der Waals surface area contributed by atoms with E-state index in [9.17, 15) is 4.79 Å². The molecule has 0 aromatic carbocycles. The van der Waals surface area contributed by atoms with Gasteiger partial charge in [-0.05, 0) is 40.0 Å². The molecule has 17 heavy (non-hydrogen) atoms. The van der Waals surface area contributed by atoms with Gasteiger partial charge in [0.25, 0.3) is 0 Å². The molecule has 0 aliphatic carbocycles. The number of hydrogen-bond acceptors (Lipinski definition) is 3. The molecule has 0 aromatic heterocycles. The number of carbonyl (C=O) groups is 1. The molecule has 2 unspecified atom stereocenters. The average molecular weight is 240 g/mol. The van der Waals surface area contributed by atoms with Gasteiger partial charge in [0.15, 0.2) is 0 Å². The third-order valence-corrected chi connectivity index (χ3v) is 4.43. The largest absolute Gasteiger partial charge is 0.379 e. The topological polar surface area (TPSA) is 55.6 Å². The van der Waals surface area contributed by atoms with Crippen LogP contribution in [0.15, 0.2) is 0 Å². The molecule has 4 nitrogen and oxygen atoms in total. The first-order valence-electron chi connectivity index (χ1n) is 6.63. The molecule has 0 radical (unpaired) electrons. The monoisotopic (exact) mass is 240 g/mol. The van der Waals surface area contributed by atoms with Crippen molar-refractivity contribution >= 4 is 5.91 Å². The van der Waals surface area contributed by atoms with Gasteiger partial charge in [-0.15, -0.1) is 0 Å². The highest BCUT2D eigenvalue weighted by Gasteiger charge is 2.48. The van der Waals surface area contributed by atoms with Gasteiger partial charge < -0.3 is 15.4 Å². The Hall–Kier alpha value is -0.610. The zero-order valence-electron chi connectivity index (χ0n) is 11.1. The lowest BCUT2D eigenvalue weighted by Crippen LogP contribution is -2.57. The van der Waals surface area contributed by atoms with Gasteiger partial charge in [0, 0.05) is 18.1 Å². The Morgan fingerprint density at radius 1 is 1.35 bits per heavy atom. The average Bonchev–Trinajstić information content (AvgIpc) is 2.60. The molecule has 0 spiro atoms. The lowest BCUT2D eigenvalue weighted by atomic mass is 9.82. The van der Waals surface area contributed by atoms with Crippen molar-refractivity contribution < 1.29 is 9.53 Å². The lowest BCUT2D eigenvalue weighted by molar-refractivity contribution is -0.148. The van der Waals surface area contributed by atoms with Crippen LogP contribution in [0.2, 0.25) is 0 Å². The first-order valence-corrected chi connectivity index (χ1v) is 6.63. The first kappa shape index (κ1) is 12.8. The van der Waals surface area contributed by atoms with Crippen molar-refractivity contribution in [2.45, 2.75) is 58.2 Å². The fraction of sp³-hybridized carbons (Fsp3) is 0.923. The van der Waals surface area contributed by atoms with Crippen LogP contribution in [0.3, 0.4) is 0 Å². The summed E-state index contributed by atoms with van der Waals surface area (Å²) in [5.41, 5.74) is 5.51. The minimum atomic E-state index is -0.528. The quantitative estimate of drug-likeness (QED) is 0.748. The summed E-state index contributed by atoms with van der Waals surface area (Å²) in [6, 6.07) is 0.489. The minimum absolute atomic E-state index is 0.170. The van der Waals surface area contributed by atoms with E-state index in [1.165, 1.54) is 6.42 Å². The van der Waals surface area contributed by atoms with Crippen LogP contribution in [-0.2, 0) is 9.53 Å². The van der Waals surface area contributed by atoms with Crippen LogP contribution in [0.5, 0.6) is 0 Å². The Morgan fingerprint density at radius 3 is 2.41 bits per heavy atom. The molecular weight excluding hydrogens is 216 g/mol. The fourth-order valence-corrected chi connectivity index (χ4v) is 3.03. The molecule has 0 saturated carbocycles. The van der Waals surface area contributed by atoms with E-state index in [0.29, 0.717) is 25.3 Å². The van der Waals surface area contributed by atoms with Gasteiger partial charge in [0.05, 0.1) is 18.6 Å². The Bertz CT molecular complexity index is 298. The molecule has 2 fully saturated rings. The summed E-state index contributed by atoms with van der Waals surface area (Å²) in [5.74, 6) is 0.183. The zero-order chi connectivity index (χ0) is 12.6. The van der Waals surface area contributed by atoms with Crippen molar-refractivity contribution in [2.75, 3.05) is 13.2 Å². The number of piperidine rings is 1.